The molecule has 1 amide bonds. The zero-order valence-corrected chi connectivity index (χ0v) is 24.1. The van der Waals surface area contributed by atoms with Crippen molar-refractivity contribution in [3.63, 3.8) is 0 Å². The number of rotatable bonds is 11. The van der Waals surface area contributed by atoms with E-state index in [-0.39, 0.29) is 24.1 Å². The number of ether oxygens (including phenoxy) is 2. The van der Waals surface area contributed by atoms with Crippen LogP contribution in [0.4, 0.5) is 14.5 Å². The number of carbonyl (C=O) groups excluding carboxylic acids is 3. The van der Waals surface area contributed by atoms with Crippen molar-refractivity contribution in [2.75, 3.05) is 28.6 Å². The SMILES string of the molecule is CC(C)(C)OC(=O)CC[C@H](NC(=O)c1cc(F)c(N(CCBr)CCBr)c(F)c1)C(=O)OC(C)(C)C. The first-order valence-electron chi connectivity index (χ1n) is 11.2. The summed E-state index contributed by atoms with van der Waals surface area (Å²) >= 11 is 6.53. The highest BCUT2D eigenvalue weighted by molar-refractivity contribution is 9.09. The van der Waals surface area contributed by atoms with E-state index >= 15 is 0 Å². The van der Waals surface area contributed by atoms with Crippen molar-refractivity contribution in [1.29, 1.82) is 0 Å². The van der Waals surface area contributed by atoms with Gasteiger partial charge in [-0.15, -0.1) is 0 Å². The van der Waals surface area contributed by atoms with Crippen LogP contribution in [0.3, 0.4) is 0 Å². The van der Waals surface area contributed by atoms with Crippen LogP contribution in [-0.4, -0.2) is 58.8 Å². The Labute approximate surface area is 222 Å². The molecular formula is C24H34Br2F2N2O5. The van der Waals surface area contributed by atoms with E-state index in [1.807, 2.05) is 0 Å². The Morgan fingerprint density at radius 3 is 1.86 bits per heavy atom. The fourth-order valence-corrected chi connectivity index (χ4v) is 3.91. The van der Waals surface area contributed by atoms with Gasteiger partial charge < -0.3 is 19.7 Å². The Balaban J connectivity index is 3.13. The fraction of sp³-hybridized carbons (Fsp3) is 0.625. The largest absolute Gasteiger partial charge is 0.460 e. The summed E-state index contributed by atoms with van der Waals surface area (Å²) in [5.74, 6) is -4.01. The molecule has 198 valence electrons. The van der Waals surface area contributed by atoms with E-state index in [1.54, 1.807) is 41.5 Å². The van der Waals surface area contributed by atoms with Gasteiger partial charge in [0.15, 0.2) is 0 Å². The number of hydrogen-bond acceptors (Lipinski definition) is 6. The summed E-state index contributed by atoms with van der Waals surface area (Å²) in [5.41, 5.74) is -2.10. The lowest BCUT2D eigenvalue weighted by Crippen LogP contribution is -2.44. The van der Waals surface area contributed by atoms with Crippen molar-refractivity contribution in [1.82, 2.24) is 5.32 Å². The van der Waals surface area contributed by atoms with Crippen LogP contribution in [0.25, 0.3) is 0 Å². The van der Waals surface area contributed by atoms with Crippen molar-refractivity contribution >= 4 is 55.4 Å². The molecule has 35 heavy (non-hydrogen) atoms. The van der Waals surface area contributed by atoms with E-state index in [0.29, 0.717) is 23.7 Å². The molecule has 0 aliphatic rings. The van der Waals surface area contributed by atoms with Gasteiger partial charge >= 0.3 is 11.9 Å². The first-order valence-corrected chi connectivity index (χ1v) is 13.4. The smallest absolute Gasteiger partial charge is 0.329 e. The molecule has 0 radical (unpaired) electrons. The third-order valence-corrected chi connectivity index (χ3v) is 5.07. The van der Waals surface area contributed by atoms with Gasteiger partial charge in [0, 0.05) is 35.7 Å². The third-order valence-electron chi connectivity index (χ3n) is 4.36. The van der Waals surface area contributed by atoms with E-state index in [4.69, 9.17) is 9.47 Å². The summed E-state index contributed by atoms with van der Waals surface area (Å²) < 4.78 is 40.3. The van der Waals surface area contributed by atoms with Crippen LogP contribution < -0.4 is 10.2 Å². The minimum Gasteiger partial charge on any atom is -0.460 e. The number of carbonyl (C=O) groups is 3. The van der Waals surface area contributed by atoms with Gasteiger partial charge in [0.25, 0.3) is 5.91 Å². The molecule has 1 aromatic rings. The average molecular weight is 628 g/mol. The second kappa shape index (κ2) is 13.5. The van der Waals surface area contributed by atoms with E-state index in [2.05, 4.69) is 37.2 Å². The standard InChI is InChI=1S/C24H34Br2F2N2O5/c1-23(2,3)34-19(31)8-7-18(22(33)35-24(4,5)6)29-21(32)15-13-16(27)20(17(28)14-15)30(11-9-25)12-10-26/h13-14,18H,7-12H2,1-6H3,(H,29,32)/t18-/m0/s1. The first-order chi connectivity index (χ1) is 16.1. The monoisotopic (exact) mass is 626 g/mol. The molecule has 0 saturated carbocycles. The number of halogens is 4. The zero-order valence-electron chi connectivity index (χ0n) is 21.0. The van der Waals surface area contributed by atoms with Gasteiger partial charge in [0.2, 0.25) is 0 Å². The van der Waals surface area contributed by atoms with Gasteiger partial charge in [-0.25, -0.2) is 13.6 Å². The maximum atomic E-state index is 14.9. The molecule has 0 aromatic heterocycles. The molecule has 0 fully saturated rings. The Hall–Kier alpha value is -1.75. The van der Waals surface area contributed by atoms with Crippen molar-refractivity contribution in [2.24, 2.45) is 0 Å². The lowest BCUT2D eigenvalue weighted by molar-refractivity contribution is -0.158. The Kier molecular flexibility index (Phi) is 12.1. The second-order valence-electron chi connectivity index (χ2n) is 9.84. The summed E-state index contributed by atoms with van der Waals surface area (Å²) in [4.78, 5) is 39.2. The predicted octanol–water partition coefficient (Wildman–Crippen LogP) is 5.12. The molecule has 1 aromatic carbocycles. The molecule has 0 unspecified atom stereocenters. The van der Waals surface area contributed by atoms with E-state index in [0.717, 1.165) is 12.1 Å². The van der Waals surface area contributed by atoms with Crippen LogP contribution in [0.1, 0.15) is 64.7 Å². The molecule has 0 bridgehead atoms. The molecule has 0 spiro atoms. The van der Waals surface area contributed by atoms with E-state index in [1.165, 1.54) is 4.90 Å². The third kappa shape index (κ3) is 11.2. The van der Waals surface area contributed by atoms with Crippen LogP contribution in [0.15, 0.2) is 12.1 Å². The number of nitrogens with one attached hydrogen (secondary N) is 1. The number of amides is 1. The van der Waals surface area contributed by atoms with Crippen molar-refractivity contribution in [3.8, 4) is 0 Å². The molecule has 11 heteroatoms. The maximum absolute atomic E-state index is 14.9. The highest BCUT2D eigenvalue weighted by Gasteiger charge is 2.29. The van der Waals surface area contributed by atoms with Gasteiger partial charge in [-0.05, 0) is 60.1 Å². The first kappa shape index (κ1) is 31.3. The highest BCUT2D eigenvalue weighted by atomic mass is 79.9. The molecular weight excluding hydrogens is 594 g/mol. The average Bonchev–Trinajstić information content (AvgIpc) is 2.68. The Morgan fingerprint density at radius 1 is 0.943 bits per heavy atom. The lowest BCUT2D eigenvalue weighted by Gasteiger charge is -2.26. The number of benzene rings is 1. The van der Waals surface area contributed by atoms with Crippen LogP contribution in [-0.2, 0) is 19.1 Å². The molecule has 7 nitrogen and oxygen atoms in total. The normalized spacial score (nSPS) is 12.6. The molecule has 0 saturated heterocycles. The molecule has 0 aliphatic carbocycles. The van der Waals surface area contributed by atoms with Crippen molar-refractivity contribution in [3.05, 3.63) is 29.3 Å². The number of hydrogen-bond donors (Lipinski definition) is 1. The highest BCUT2D eigenvalue weighted by Crippen LogP contribution is 2.26. The van der Waals surface area contributed by atoms with Crippen LogP contribution >= 0.6 is 31.9 Å². The zero-order chi connectivity index (χ0) is 27.0. The van der Waals surface area contributed by atoms with Gasteiger partial charge in [-0.1, -0.05) is 31.9 Å². The molecule has 0 heterocycles. The van der Waals surface area contributed by atoms with E-state index in [9.17, 15) is 23.2 Å². The van der Waals surface area contributed by atoms with Gasteiger partial charge in [-0.3, -0.25) is 9.59 Å². The van der Waals surface area contributed by atoms with Crippen LogP contribution in [0.2, 0.25) is 0 Å². The Bertz CT molecular complexity index is 872. The minimum absolute atomic E-state index is 0.108. The predicted molar refractivity (Wildman–Crippen MR) is 138 cm³/mol. The summed E-state index contributed by atoms with van der Waals surface area (Å²) in [6.45, 7) is 10.8. The Morgan fingerprint density at radius 2 is 1.43 bits per heavy atom. The summed E-state index contributed by atoms with van der Waals surface area (Å²) in [6, 6.07) is 0.616. The van der Waals surface area contributed by atoms with Gasteiger partial charge in [0.05, 0.1) is 0 Å². The number of nitrogens with zero attached hydrogens (tertiary/aromatic N) is 1. The maximum Gasteiger partial charge on any atom is 0.329 e. The lowest BCUT2D eigenvalue weighted by atomic mass is 10.1. The molecule has 1 rings (SSSR count). The molecule has 1 atom stereocenters. The topological polar surface area (TPSA) is 84.9 Å². The van der Waals surface area contributed by atoms with Crippen molar-refractivity contribution in [2.45, 2.75) is 71.6 Å². The van der Waals surface area contributed by atoms with Gasteiger partial charge in [0.1, 0.15) is 34.6 Å². The summed E-state index contributed by atoms with van der Waals surface area (Å²) in [6.07, 6.45) is -0.278. The summed E-state index contributed by atoms with van der Waals surface area (Å²) in [5, 5.41) is 3.44. The fourth-order valence-electron chi connectivity index (χ4n) is 3.06. The minimum atomic E-state index is -1.22. The van der Waals surface area contributed by atoms with E-state index < -0.39 is 46.7 Å². The quantitative estimate of drug-likeness (QED) is 0.271. The second-order valence-corrected chi connectivity index (χ2v) is 11.4. The number of alkyl halides is 2. The van der Waals surface area contributed by atoms with Crippen molar-refractivity contribution < 1.29 is 32.6 Å². The molecule has 0 aliphatic heterocycles. The van der Waals surface area contributed by atoms with Crippen LogP contribution in [0.5, 0.6) is 0 Å². The number of anilines is 1. The van der Waals surface area contributed by atoms with Gasteiger partial charge in [-0.2, -0.15) is 0 Å². The summed E-state index contributed by atoms with van der Waals surface area (Å²) in [7, 11) is 0. The molecule has 1 N–H and O–H groups in total. The number of esters is 2. The van der Waals surface area contributed by atoms with Crippen LogP contribution in [0, 0.1) is 11.6 Å².